The molecule has 0 aliphatic rings. The molecule has 0 aliphatic heterocycles. The van der Waals surface area contributed by atoms with Crippen LogP contribution < -0.4 is 5.73 Å². The molecule has 94 valence electrons. The number of aromatic hydroxyl groups is 1. The average molecular weight is 246 g/mol. The van der Waals surface area contributed by atoms with Crippen molar-refractivity contribution in [1.29, 1.82) is 0 Å². The minimum Gasteiger partial charge on any atom is -0.506 e. The molecule has 0 saturated carbocycles. The first-order chi connectivity index (χ1) is 8.01. The molecule has 1 rings (SSSR count). The van der Waals surface area contributed by atoms with Crippen LogP contribution in [0, 0.1) is 0 Å². The van der Waals surface area contributed by atoms with E-state index in [1.807, 2.05) is 0 Å². The Balaban J connectivity index is 3.28. The highest BCUT2D eigenvalue weighted by molar-refractivity contribution is 5.73. The minimum atomic E-state index is -2.85. The van der Waals surface area contributed by atoms with Gasteiger partial charge in [-0.1, -0.05) is 0 Å². The number of rotatable bonds is 4. The summed E-state index contributed by atoms with van der Waals surface area (Å²) in [5, 5.41) is 9.44. The maximum Gasteiger partial charge on any atom is 0.310 e. The molecule has 0 atom stereocenters. The van der Waals surface area contributed by atoms with Gasteiger partial charge in [0.25, 0.3) is 6.43 Å². The summed E-state index contributed by atoms with van der Waals surface area (Å²) in [4.78, 5) is 14.5. The van der Waals surface area contributed by atoms with Crippen LogP contribution >= 0.6 is 0 Å². The van der Waals surface area contributed by atoms with E-state index in [0.29, 0.717) is 0 Å². The number of ether oxygens (including phenoxy) is 1. The van der Waals surface area contributed by atoms with Crippen molar-refractivity contribution in [2.24, 2.45) is 5.73 Å². The molecule has 17 heavy (non-hydrogen) atoms. The lowest BCUT2D eigenvalue weighted by molar-refractivity contribution is -0.139. The summed E-state index contributed by atoms with van der Waals surface area (Å²) < 4.78 is 29.8. The number of nitrogens with zero attached hydrogens (tertiary/aromatic N) is 1. The van der Waals surface area contributed by atoms with E-state index in [9.17, 15) is 18.7 Å². The fourth-order valence-electron chi connectivity index (χ4n) is 1.43. The molecule has 0 aromatic carbocycles. The van der Waals surface area contributed by atoms with E-state index >= 15 is 0 Å². The Morgan fingerprint density at radius 2 is 2.24 bits per heavy atom. The molecular weight excluding hydrogens is 234 g/mol. The molecule has 0 saturated heterocycles. The van der Waals surface area contributed by atoms with Gasteiger partial charge in [-0.25, -0.2) is 8.78 Å². The van der Waals surface area contributed by atoms with Gasteiger partial charge in [-0.05, 0) is 5.56 Å². The van der Waals surface area contributed by atoms with Crippen molar-refractivity contribution in [2.45, 2.75) is 19.4 Å². The third-order valence-corrected chi connectivity index (χ3v) is 2.27. The van der Waals surface area contributed by atoms with Crippen LogP contribution in [-0.4, -0.2) is 23.2 Å². The molecule has 1 aromatic heterocycles. The molecule has 0 amide bonds. The Morgan fingerprint density at radius 3 is 2.71 bits per heavy atom. The van der Waals surface area contributed by atoms with Crippen LogP contribution in [-0.2, 0) is 22.5 Å². The number of halogens is 2. The fourth-order valence-corrected chi connectivity index (χ4v) is 1.43. The van der Waals surface area contributed by atoms with E-state index in [1.165, 1.54) is 0 Å². The predicted molar refractivity (Wildman–Crippen MR) is 54.5 cm³/mol. The molecule has 3 N–H and O–H groups in total. The van der Waals surface area contributed by atoms with Gasteiger partial charge in [0.05, 0.1) is 19.7 Å². The van der Waals surface area contributed by atoms with Crippen LogP contribution in [0.5, 0.6) is 5.75 Å². The van der Waals surface area contributed by atoms with Gasteiger partial charge in [-0.15, -0.1) is 0 Å². The molecule has 5 nitrogen and oxygen atoms in total. The Labute approximate surface area is 96.2 Å². The largest absolute Gasteiger partial charge is 0.506 e. The second-order valence-corrected chi connectivity index (χ2v) is 3.24. The van der Waals surface area contributed by atoms with E-state index < -0.39 is 24.5 Å². The number of hydrogen-bond donors (Lipinski definition) is 2. The number of esters is 1. The Hall–Kier alpha value is -1.76. The van der Waals surface area contributed by atoms with E-state index in [0.717, 1.165) is 13.3 Å². The molecule has 0 unspecified atom stereocenters. The third-order valence-electron chi connectivity index (χ3n) is 2.27. The van der Waals surface area contributed by atoms with E-state index in [1.54, 1.807) is 0 Å². The zero-order valence-electron chi connectivity index (χ0n) is 9.11. The van der Waals surface area contributed by atoms with E-state index in [4.69, 9.17) is 5.73 Å². The van der Waals surface area contributed by atoms with Gasteiger partial charge in [-0.2, -0.15) is 0 Å². The highest BCUT2D eigenvalue weighted by Gasteiger charge is 2.22. The average Bonchev–Trinajstić information content (AvgIpc) is 2.28. The summed E-state index contributed by atoms with van der Waals surface area (Å²) in [5.41, 5.74) is 4.80. The lowest BCUT2D eigenvalue weighted by atomic mass is 10.0. The van der Waals surface area contributed by atoms with Gasteiger partial charge in [0.1, 0.15) is 11.4 Å². The summed E-state index contributed by atoms with van der Waals surface area (Å²) in [5.74, 6) is -1.01. The topological polar surface area (TPSA) is 85.4 Å². The number of pyridine rings is 1. The SMILES string of the molecule is COC(=O)Cc1c(C(F)F)ncc(O)c1CN. The summed E-state index contributed by atoms with van der Waals surface area (Å²) >= 11 is 0. The smallest absolute Gasteiger partial charge is 0.310 e. The van der Waals surface area contributed by atoms with Gasteiger partial charge in [0.15, 0.2) is 0 Å². The number of methoxy groups -OCH3 is 1. The monoisotopic (exact) mass is 246 g/mol. The minimum absolute atomic E-state index is 0.0747. The zero-order chi connectivity index (χ0) is 13.0. The highest BCUT2D eigenvalue weighted by Crippen LogP contribution is 2.29. The lowest BCUT2D eigenvalue weighted by Crippen LogP contribution is -2.13. The molecule has 0 bridgehead atoms. The maximum absolute atomic E-state index is 12.7. The zero-order valence-corrected chi connectivity index (χ0v) is 9.11. The lowest BCUT2D eigenvalue weighted by Gasteiger charge is -2.13. The standard InChI is InChI=1S/C10H12F2N2O3/c1-17-8(16)2-5-6(3-13)7(15)4-14-9(5)10(11)12/h4,10,15H,2-3,13H2,1H3. The first kappa shape index (κ1) is 13.3. The number of aromatic nitrogens is 1. The van der Waals surface area contributed by atoms with Crippen molar-refractivity contribution in [3.63, 3.8) is 0 Å². The number of carbonyl (C=O) groups is 1. The Morgan fingerprint density at radius 1 is 1.59 bits per heavy atom. The quantitative estimate of drug-likeness (QED) is 0.771. The van der Waals surface area contributed by atoms with E-state index in [-0.39, 0.29) is 23.4 Å². The summed E-state index contributed by atoms with van der Waals surface area (Å²) in [6, 6.07) is 0. The summed E-state index contributed by atoms with van der Waals surface area (Å²) in [6.07, 6.45) is -2.35. The second kappa shape index (κ2) is 5.53. The molecule has 0 radical (unpaired) electrons. The molecule has 1 heterocycles. The van der Waals surface area contributed by atoms with Crippen LogP contribution in [0.15, 0.2) is 6.20 Å². The van der Waals surface area contributed by atoms with Gasteiger partial charge in [0, 0.05) is 12.1 Å². The highest BCUT2D eigenvalue weighted by atomic mass is 19.3. The second-order valence-electron chi connectivity index (χ2n) is 3.24. The van der Waals surface area contributed by atoms with Gasteiger partial charge in [-0.3, -0.25) is 9.78 Å². The molecule has 0 aliphatic carbocycles. The van der Waals surface area contributed by atoms with Crippen molar-refractivity contribution in [3.05, 3.63) is 23.0 Å². The predicted octanol–water partition coefficient (Wildman–Crippen LogP) is 0.899. The number of hydrogen-bond acceptors (Lipinski definition) is 5. The van der Waals surface area contributed by atoms with Crippen molar-refractivity contribution in [1.82, 2.24) is 4.98 Å². The van der Waals surface area contributed by atoms with E-state index in [2.05, 4.69) is 9.72 Å². The normalized spacial score (nSPS) is 10.6. The molecular formula is C10H12F2N2O3. The third kappa shape index (κ3) is 2.88. The van der Waals surface area contributed by atoms with Crippen molar-refractivity contribution < 1.29 is 23.4 Å². The number of carbonyl (C=O) groups excluding carboxylic acids is 1. The van der Waals surface area contributed by atoms with Crippen LogP contribution in [0.3, 0.4) is 0 Å². The van der Waals surface area contributed by atoms with Crippen LogP contribution in [0.4, 0.5) is 8.78 Å². The molecule has 0 fully saturated rings. The van der Waals surface area contributed by atoms with Crippen LogP contribution in [0.1, 0.15) is 23.2 Å². The molecule has 7 heteroatoms. The van der Waals surface area contributed by atoms with Gasteiger partial charge >= 0.3 is 5.97 Å². The molecule has 1 aromatic rings. The maximum atomic E-state index is 12.7. The van der Waals surface area contributed by atoms with Gasteiger partial charge in [0.2, 0.25) is 0 Å². The Bertz CT molecular complexity index is 424. The first-order valence-corrected chi connectivity index (χ1v) is 4.75. The van der Waals surface area contributed by atoms with Crippen LogP contribution in [0.2, 0.25) is 0 Å². The first-order valence-electron chi connectivity index (χ1n) is 4.75. The van der Waals surface area contributed by atoms with Crippen LogP contribution in [0.25, 0.3) is 0 Å². The van der Waals surface area contributed by atoms with Crippen molar-refractivity contribution in [3.8, 4) is 5.75 Å². The van der Waals surface area contributed by atoms with Crippen molar-refractivity contribution >= 4 is 5.97 Å². The van der Waals surface area contributed by atoms with Crippen molar-refractivity contribution in [2.75, 3.05) is 7.11 Å². The Kier molecular flexibility index (Phi) is 4.33. The molecule has 0 spiro atoms. The number of alkyl halides is 2. The van der Waals surface area contributed by atoms with Gasteiger partial charge < -0.3 is 15.6 Å². The summed E-state index contributed by atoms with van der Waals surface area (Å²) in [7, 11) is 1.14. The fraction of sp³-hybridized carbons (Fsp3) is 0.400. The summed E-state index contributed by atoms with van der Waals surface area (Å²) in [6.45, 7) is -0.166. The number of nitrogens with two attached hydrogens (primary N) is 1.